The van der Waals surface area contributed by atoms with Crippen LogP contribution in [-0.2, 0) is 17.7 Å². The van der Waals surface area contributed by atoms with Crippen LogP contribution < -0.4 is 4.74 Å². The third-order valence-corrected chi connectivity index (χ3v) is 4.22. The molecule has 2 aromatic rings. The molecule has 1 saturated heterocycles. The zero-order chi connectivity index (χ0) is 16.8. The van der Waals surface area contributed by atoms with E-state index in [1.165, 1.54) is 0 Å². The fourth-order valence-electron chi connectivity index (χ4n) is 2.93. The molecule has 0 atom stereocenters. The summed E-state index contributed by atoms with van der Waals surface area (Å²) < 4.78 is 10.8. The van der Waals surface area contributed by atoms with E-state index in [-0.39, 0.29) is 0 Å². The van der Waals surface area contributed by atoms with Crippen molar-refractivity contribution in [3.63, 3.8) is 0 Å². The Morgan fingerprint density at radius 3 is 2.83 bits per heavy atom. The lowest BCUT2D eigenvalue weighted by atomic mass is 9.94. The Morgan fingerprint density at radius 1 is 1.25 bits per heavy atom. The molecule has 130 valence electrons. The van der Waals surface area contributed by atoms with Crippen LogP contribution in [-0.4, -0.2) is 47.0 Å². The number of aromatic nitrogens is 3. The van der Waals surface area contributed by atoms with E-state index in [4.69, 9.17) is 14.1 Å². The van der Waals surface area contributed by atoms with Gasteiger partial charge in [-0.3, -0.25) is 0 Å². The first-order valence-corrected chi connectivity index (χ1v) is 8.46. The molecule has 1 aliphatic heterocycles. The highest BCUT2D eigenvalue weighted by Gasteiger charge is 2.21. The van der Waals surface area contributed by atoms with E-state index in [1.807, 2.05) is 30.2 Å². The molecule has 0 aliphatic carbocycles. The quantitative estimate of drug-likeness (QED) is 0.770. The lowest BCUT2D eigenvalue weighted by Crippen LogP contribution is -2.33. The number of ether oxygens (including phenoxy) is 1. The largest absolute Gasteiger partial charge is 0.478 e. The Bertz CT molecular complexity index is 638. The summed E-state index contributed by atoms with van der Waals surface area (Å²) in [5.41, 5.74) is 0.877. The van der Waals surface area contributed by atoms with Crippen molar-refractivity contribution in [3.05, 3.63) is 35.6 Å². The van der Waals surface area contributed by atoms with Crippen LogP contribution in [0.3, 0.4) is 0 Å². The first kappa shape index (κ1) is 16.9. The summed E-state index contributed by atoms with van der Waals surface area (Å²) in [6.45, 7) is 4.45. The number of piperidine rings is 1. The molecule has 2 aromatic heterocycles. The molecule has 24 heavy (non-hydrogen) atoms. The molecule has 1 fully saturated rings. The minimum absolute atomic E-state index is 0.548. The number of hydroxylamine groups is 2. The van der Waals surface area contributed by atoms with Crippen molar-refractivity contribution in [2.45, 2.75) is 32.6 Å². The van der Waals surface area contributed by atoms with Crippen LogP contribution in [0.15, 0.2) is 22.7 Å². The smallest absolute Gasteiger partial charge is 0.226 e. The van der Waals surface area contributed by atoms with Gasteiger partial charge in [-0.05, 0) is 31.7 Å². The fourth-order valence-corrected chi connectivity index (χ4v) is 2.93. The average molecular weight is 332 g/mol. The maximum Gasteiger partial charge on any atom is 0.226 e. The molecule has 0 radical (unpaired) electrons. The van der Waals surface area contributed by atoms with Crippen molar-refractivity contribution in [1.29, 1.82) is 0 Å². The normalized spacial score (nSPS) is 16.4. The number of hydrogen-bond donors (Lipinski definition) is 0. The zero-order valence-corrected chi connectivity index (χ0v) is 14.3. The highest BCUT2D eigenvalue weighted by molar-refractivity contribution is 5.18. The minimum Gasteiger partial charge on any atom is -0.478 e. The second-order valence-corrected chi connectivity index (χ2v) is 5.94. The Kier molecular flexibility index (Phi) is 5.77. The Morgan fingerprint density at radius 2 is 2.08 bits per heavy atom. The molecule has 0 spiro atoms. The van der Waals surface area contributed by atoms with Crippen LogP contribution in [0.2, 0.25) is 0 Å². The molecule has 0 N–H and O–H groups in total. The van der Waals surface area contributed by atoms with Gasteiger partial charge in [0.15, 0.2) is 5.82 Å². The van der Waals surface area contributed by atoms with Gasteiger partial charge < -0.3 is 14.1 Å². The lowest BCUT2D eigenvalue weighted by Gasteiger charge is -2.29. The van der Waals surface area contributed by atoms with Crippen LogP contribution in [0.25, 0.3) is 0 Å². The highest BCUT2D eigenvalue weighted by Crippen LogP contribution is 2.21. The summed E-state index contributed by atoms with van der Waals surface area (Å²) in [4.78, 5) is 14.2. The van der Waals surface area contributed by atoms with Gasteiger partial charge in [-0.1, -0.05) is 11.2 Å². The maximum atomic E-state index is 5.42. The number of pyridine rings is 1. The molecule has 0 bridgehead atoms. The Labute approximate surface area is 141 Å². The molecule has 7 heteroatoms. The van der Waals surface area contributed by atoms with Crippen molar-refractivity contribution >= 4 is 0 Å². The fraction of sp³-hybridized carbons (Fsp3) is 0.588. The number of rotatable bonds is 7. The zero-order valence-electron chi connectivity index (χ0n) is 14.3. The first-order chi connectivity index (χ1) is 11.8. The van der Waals surface area contributed by atoms with E-state index in [9.17, 15) is 0 Å². The molecule has 0 amide bonds. The Hall–Kier alpha value is -1.99. The van der Waals surface area contributed by atoms with Gasteiger partial charge >= 0.3 is 0 Å². The molecule has 0 aromatic carbocycles. The van der Waals surface area contributed by atoms with Crippen molar-refractivity contribution in [1.82, 2.24) is 20.2 Å². The lowest BCUT2D eigenvalue weighted by molar-refractivity contribution is -0.148. The summed E-state index contributed by atoms with van der Waals surface area (Å²) >= 11 is 0. The second-order valence-electron chi connectivity index (χ2n) is 5.94. The summed E-state index contributed by atoms with van der Waals surface area (Å²) in [5.74, 6) is 2.58. The van der Waals surface area contributed by atoms with E-state index in [0.717, 1.165) is 38.0 Å². The summed E-state index contributed by atoms with van der Waals surface area (Å²) in [6, 6.07) is 5.72. The number of nitrogens with zero attached hydrogens (tertiary/aromatic N) is 4. The predicted octanol–water partition coefficient (Wildman–Crippen LogP) is 2.27. The maximum absolute atomic E-state index is 5.42. The van der Waals surface area contributed by atoms with Gasteiger partial charge in [-0.2, -0.15) is 10.0 Å². The molecule has 3 heterocycles. The van der Waals surface area contributed by atoms with Crippen molar-refractivity contribution in [2.75, 3.05) is 26.8 Å². The summed E-state index contributed by atoms with van der Waals surface area (Å²) in [5, 5.41) is 6.07. The second kappa shape index (κ2) is 8.21. The number of hydrogen-bond acceptors (Lipinski definition) is 7. The molecule has 3 rings (SSSR count). The predicted molar refractivity (Wildman–Crippen MR) is 87.5 cm³/mol. The van der Waals surface area contributed by atoms with Crippen molar-refractivity contribution < 1.29 is 14.1 Å². The van der Waals surface area contributed by atoms with Crippen molar-refractivity contribution in [3.8, 4) is 5.88 Å². The summed E-state index contributed by atoms with van der Waals surface area (Å²) in [7, 11) is 1.72. The molecule has 1 aliphatic rings. The molecular weight excluding hydrogens is 308 g/mol. The van der Waals surface area contributed by atoms with Crippen LogP contribution in [0.4, 0.5) is 0 Å². The standard InChI is InChI=1S/C17H24N4O3/c1-3-23-16-6-4-5-14(18-16)12-15-19-17(24-20-15)11-13-7-9-21(22-2)10-8-13/h4-6,13H,3,7-12H2,1-2H3. The van der Waals surface area contributed by atoms with E-state index in [0.29, 0.717) is 36.5 Å². The van der Waals surface area contributed by atoms with Crippen LogP contribution in [0, 0.1) is 5.92 Å². The van der Waals surface area contributed by atoms with E-state index in [1.54, 1.807) is 7.11 Å². The first-order valence-electron chi connectivity index (χ1n) is 8.46. The van der Waals surface area contributed by atoms with E-state index >= 15 is 0 Å². The van der Waals surface area contributed by atoms with Gasteiger partial charge in [0.25, 0.3) is 0 Å². The van der Waals surface area contributed by atoms with Gasteiger partial charge in [0.05, 0.1) is 25.8 Å². The molecular formula is C17H24N4O3. The van der Waals surface area contributed by atoms with Gasteiger partial charge in [0.1, 0.15) is 0 Å². The summed E-state index contributed by atoms with van der Waals surface area (Å²) in [6.07, 6.45) is 3.55. The third-order valence-electron chi connectivity index (χ3n) is 4.22. The third kappa shape index (κ3) is 4.52. The van der Waals surface area contributed by atoms with E-state index in [2.05, 4.69) is 15.1 Å². The average Bonchev–Trinajstić information content (AvgIpc) is 3.03. The van der Waals surface area contributed by atoms with Gasteiger partial charge in [-0.15, -0.1) is 0 Å². The van der Waals surface area contributed by atoms with Crippen LogP contribution >= 0.6 is 0 Å². The SMILES string of the molecule is CCOc1cccc(Cc2noc(CC3CCN(OC)CC3)n2)n1. The Balaban J connectivity index is 1.55. The highest BCUT2D eigenvalue weighted by atomic mass is 16.7. The van der Waals surface area contributed by atoms with E-state index < -0.39 is 0 Å². The van der Waals surface area contributed by atoms with Gasteiger partial charge in [0, 0.05) is 25.6 Å². The molecule has 7 nitrogen and oxygen atoms in total. The molecule has 0 saturated carbocycles. The van der Waals surface area contributed by atoms with Gasteiger partial charge in [-0.25, -0.2) is 4.98 Å². The van der Waals surface area contributed by atoms with Crippen molar-refractivity contribution in [2.24, 2.45) is 5.92 Å². The monoisotopic (exact) mass is 332 g/mol. The van der Waals surface area contributed by atoms with Crippen LogP contribution in [0.1, 0.15) is 37.2 Å². The minimum atomic E-state index is 0.548. The molecule has 0 unspecified atom stereocenters. The topological polar surface area (TPSA) is 73.5 Å². The van der Waals surface area contributed by atoms with Gasteiger partial charge in [0.2, 0.25) is 11.8 Å². The van der Waals surface area contributed by atoms with Crippen LogP contribution in [0.5, 0.6) is 5.88 Å².